The van der Waals surface area contributed by atoms with Crippen LogP contribution in [0.5, 0.6) is 0 Å². The van der Waals surface area contributed by atoms with Gasteiger partial charge in [-0.05, 0) is 45.0 Å². The number of rotatable bonds is 6. The third-order valence-electron chi connectivity index (χ3n) is 3.69. The van der Waals surface area contributed by atoms with Crippen molar-refractivity contribution < 1.29 is 9.90 Å². The lowest BCUT2D eigenvalue weighted by Crippen LogP contribution is -2.42. The standard InChI is InChI=1S/C19H26N4O2.3ClH/c1-19(2,3)23-18(25)14-8-6-10-22-16(14)12-17(24)15(20)11-13-7-4-5-9-21-13;;;/h4-10,15,17,24H,11-12,20H2,1-3H3,(H,23,25);3*1H. The number of aliphatic hydroxyl groups excluding tert-OH is 1. The fraction of sp³-hybridized carbons (Fsp3) is 0.421. The second-order valence-electron chi connectivity index (χ2n) is 7.16. The molecule has 0 saturated heterocycles. The van der Waals surface area contributed by atoms with Crippen molar-refractivity contribution in [2.24, 2.45) is 5.73 Å². The van der Waals surface area contributed by atoms with Crippen LogP contribution in [-0.4, -0.2) is 38.7 Å². The van der Waals surface area contributed by atoms with Gasteiger partial charge in [0.25, 0.3) is 5.91 Å². The maximum absolute atomic E-state index is 12.4. The molecule has 0 aliphatic carbocycles. The van der Waals surface area contributed by atoms with Gasteiger partial charge in [-0.3, -0.25) is 14.8 Å². The smallest absolute Gasteiger partial charge is 0.253 e. The van der Waals surface area contributed by atoms with E-state index < -0.39 is 12.1 Å². The predicted molar refractivity (Wildman–Crippen MR) is 119 cm³/mol. The largest absolute Gasteiger partial charge is 0.391 e. The highest BCUT2D eigenvalue weighted by Crippen LogP contribution is 2.13. The molecule has 0 aliphatic rings. The number of nitrogens with one attached hydrogen (secondary N) is 1. The van der Waals surface area contributed by atoms with Crippen molar-refractivity contribution in [2.75, 3.05) is 0 Å². The molecule has 2 heterocycles. The van der Waals surface area contributed by atoms with Crippen LogP contribution in [-0.2, 0) is 12.8 Å². The highest BCUT2D eigenvalue weighted by atomic mass is 35.5. The number of amides is 1. The minimum Gasteiger partial charge on any atom is -0.391 e. The normalized spacial score (nSPS) is 12.5. The van der Waals surface area contributed by atoms with Gasteiger partial charge in [-0.15, -0.1) is 37.2 Å². The first-order valence-electron chi connectivity index (χ1n) is 8.36. The average Bonchev–Trinajstić information content (AvgIpc) is 2.54. The Labute approximate surface area is 185 Å². The SMILES string of the molecule is CC(C)(C)NC(=O)c1cccnc1CC(O)C(N)Cc1ccccn1.Cl.Cl.Cl. The lowest BCUT2D eigenvalue weighted by molar-refractivity contribution is 0.0916. The quantitative estimate of drug-likeness (QED) is 0.627. The van der Waals surface area contributed by atoms with Crippen LogP contribution in [0, 0.1) is 0 Å². The number of halogens is 3. The number of carbonyl (C=O) groups excluding carboxylic acids is 1. The monoisotopic (exact) mass is 450 g/mol. The summed E-state index contributed by atoms with van der Waals surface area (Å²) in [5.41, 5.74) is 7.57. The van der Waals surface area contributed by atoms with Crippen LogP contribution in [0.25, 0.3) is 0 Å². The Kier molecular flexibility index (Phi) is 13.3. The van der Waals surface area contributed by atoms with Crippen molar-refractivity contribution in [1.82, 2.24) is 15.3 Å². The molecule has 6 nitrogen and oxygen atoms in total. The Balaban J connectivity index is 0. The van der Waals surface area contributed by atoms with E-state index >= 15 is 0 Å². The van der Waals surface area contributed by atoms with E-state index in [2.05, 4.69) is 15.3 Å². The van der Waals surface area contributed by atoms with Gasteiger partial charge in [0.05, 0.1) is 17.4 Å². The molecule has 0 spiro atoms. The van der Waals surface area contributed by atoms with Crippen molar-refractivity contribution >= 4 is 43.1 Å². The lowest BCUT2D eigenvalue weighted by atomic mass is 9.98. The third kappa shape index (κ3) is 9.17. The van der Waals surface area contributed by atoms with E-state index in [1.54, 1.807) is 24.5 Å². The molecule has 2 aromatic heterocycles. The van der Waals surface area contributed by atoms with Gasteiger partial charge >= 0.3 is 0 Å². The van der Waals surface area contributed by atoms with Crippen LogP contribution in [0.1, 0.15) is 42.5 Å². The molecule has 0 aromatic carbocycles. The molecule has 158 valence electrons. The molecule has 2 atom stereocenters. The second kappa shape index (κ2) is 12.9. The first-order valence-corrected chi connectivity index (χ1v) is 8.36. The highest BCUT2D eigenvalue weighted by Gasteiger charge is 2.22. The summed E-state index contributed by atoms with van der Waals surface area (Å²) in [6, 6.07) is 8.52. The van der Waals surface area contributed by atoms with E-state index in [4.69, 9.17) is 5.73 Å². The zero-order valence-electron chi connectivity index (χ0n) is 16.2. The first kappa shape index (κ1) is 28.8. The highest BCUT2D eigenvalue weighted by molar-refractivity contribution is 5.95. The van der Waals surface area contributed by atoms with Crippen LogP contribution in [0.3, 0.4) is 0 Å². The molecule has 0 saturated carbocycles. The summed E-state index contributed by atoms with van der Waals surface area (Å²) >= 11 is 0. The van der Waals surface area contributed by atoms with Gasteiger partial charge in [0.1, 0.15) is 0 Å². The molecule has 2 aromatic rings. The van der Waals surface area contributed by atoms with E-state index in [0.29, 0.717) is 17.7 Å². The van der Waals surface area contributed by atoms with Crippen LogP contribution < -0.4 is 11.1 Å². The molecule has 4 N–H and O–H groups in total. The molecule has 0 fully saturated rings. The lowest BCUT2D eigenvalue weighted by Gasteiger charge is -2.22. The van der Waals surface area contributed by atoms with Gasteiger partial charge in [-0.2, -0.15) is 0 Å². The molecular weight excluding hydrogens is 423 g/mol. The number of hydrogen-bond donors (Lipinski definition) is 3. The molecule has 28 heavy (non-hydrogen) atoms. The minimum atomic E-state index is -0.821. The number of aliphatic hydroxyl groups is 1. The van der Waals surface area contributed by atoms with Crippen LogP contribution >= 0.6 is 37.2 Å². The topological polar surface area (TPSA) is 101 Å². The Morgan fingerprint density at radius 3 is 2.29 bits per heavy atom. The number of nitrogens with zero attached hydrogens (tertiary/aromatic N) is 2. The van der Waals surface area contributed by atoms with Gasteiger partial charge in [-0.25, -0.2) is 0 Å². The van der Waals surface area contributed by atoms with E-state index in [0.717, 1.165) is 5.69 Å². The second-order valence-corrected chi connectivity index (χ2v) is 7.16. The summed E-state index contributed by atoms with van der Waals surface area (Å²) in [6.07, 6.45) is 3.15. The summed E-state index contributed by atoms with van der Waals surface area (Å²) in [6.45, 7) is 5.75. The van der Waals surface area contributed by atoms with E-state index in [1.165, 1.54) is 0 Å². The number of pyridine rings is 2. The summed E-state index contributed by atoms with van der Waals surface area (Å²) in [5, 5.41) is 13.4. The Hall–Kier alpha value is -1.44. The first-order chi connectivity index (χ1) is 11.8. The fourth-order valence-electron chi connectivity index (χ4n) is 2.46. The van der Waals surface area contributed by atoms with E-state index in [9.17, 15) is 9.90 Å². The molecule has 2 unspecified atom stereocenters. The molecule has 2 rings (SSSR count). The fourth-order valence-corrected chi connectivity index (χ4v) is 2.46. The zero-order chi connectivity index (χ0) is 18.4. The van der Waals surface area contributed by atoms with E-state index in [1.807, 2.05) is 39.0 Å². The van der Waals surface area contributed by atoms with Crippen molar-refractivity contribution in [2.45, 2.75) is 51.3 Å². The van der Waals surface area contributed by atoms with Gasteiger partial charge in [0.2, 0.25) is 0 Å². The van der Waals surface area contributed by atoms with Crippen molar-refractivity contribution in [3.63, 3.8) is 0 Å². The average molecular weight is 452 g/mol. The number of aromatic nitrogens is 2. The molecule has 0 aliphatic heterocycles. The number of carbonyl (C=O) groups is 1. The van der Waals surface area contributed by atoms with Crippen LogP contribution in [0.2, 0.25) is 0 Å². The Bertz CT molecular complexity index is 712. The van der Waals surface area contributed by atoms with Crippen molar-refractivity contribution in [1.29, 1.82) is 0 Å². The maximum Gasteiger partial charge on any atom is 0.253 e. The van der Waals surface area contributed by atoms with Gasteiger partial charge in [0.15, 0.2) is 0 Å². The maximum atomic E-state index is 12.4. The summed E-state index contributed by atoms with van der Waals surface area (Å²) < 4.78 is 0. The molecule has 0 bridgehead atoms. The van der Waals surface area contributed by atoms with Gasteiger partial charge in [0, 0.05) is 42.5 Å². The molecule has 0 radical (unpaired) electrons. The van der Waals surface area contributed by atoms with Crippen molar-refractivity contribution in [3.05, 3.63) is 59.7 Å². The van der Waals surface area contributed by atoms with Crippen LogP contribution in [0.15, 0.2) is 42.7 Å². The summed E-state index contributed by atoms with van der Waals surface area (Å²) in [5.74, 6) is -0.207. The Morgan fingerprint density at radius 2 is 1.71 bits per heavy atom. The molecule has 9 heteroatoms. The number of hydrogen-bond acceptors (Lipinski definition) is 5. The molecular formula is C19H29Cl3N4O2. The summed E-state index contributed by atoms with van der Waals surface area (Å²) in [7, 11) is 0. The molecule has 1 amide bonds. The van der Waals surface area contributed by atoms with Crippen molar-refractivity contribution in [3.8, 4) is 0 Å². The predicted octanol–water partition coefficient (Wildman–Crippen LogP) is 2.74. The zero-order valence-corrected chi connectivity index (χ0v) is 18.6. The number of nitrogens with two attached hydrogens (primary N) is 1. The van der Waals surface area contributed by atoms with Crippen LogP contribution in [0.4, 0.5) is 0 Å². The van der Waals surface area contributed by atoms with Gasteiger partial charge < -0.3 is 16.2 Å². The minimum absolute atomic E-state index is 0. The van der Waals surface area contributed by atoms with Gasteiger partial charge in [-0.1, -0.05) is 6.07 Å². The van der Waals surface area contributed by atoms with E-state index in [-0.39, 0.29) is 55.1 Å². The third-order valence-corrected chi connectivity index (χ3v) is 3.69. The Morgan fingerprint density at radius 1 is 1.07 bits per heavy atom. The summed E-state index contributed by atoms with van der Waals surface area (Å²) in [4.78, 5) is 20.9.